The summed E-state index contributed by atoms with van der Waals surface area (Å²) >= 11 is 0. The van der Waals surface area contributed by atoms with E-state index in [1.807, 2.05) is 19.9 Å². The largest absolute Gasteiger partial charge is 0.468 e. The van der Waals surface area contributed by atoms with Gasteiger partial charge in [0.2, 0.25) is 0 Å². The van der Waals surface area contributed by atoms with Crippen LogP contribution < -0.4 is 5.32 Å². The minimum absolute atomic E-state index is 0.185. The predicted octanol–water partition coefficient (Wildman–Crippen LogP) is 2.13. The van der Waals surface area contributed by atoms with E-state index >= 15 is 0 Å². The number of allylic oxidation sites excluding steroid dienone is 1. The van der Waals surface area contributed by atoms with E-state index in [4.69, 9.17) is 4.74 Å². The monoisotopic (exact) mass is 213 g/mol. The molecule has 0 aliphatic rings. The number of hydrogen-bond donors (Lipinski definition) is 1. The number of methoxy groups -OCH3 is 1. The van der Waals surface area contributed by atoms with Gasteiger partial charge in [0.1, 0.15) is 6.04 Å². The molecule has 0 saturated carbocycles. The van der Waals surface area contributed by atoms with Crippen molar-refractivity contribution >= 4 is 5.97 Å². The van der Waals surface area contributed by atoms with Crippen molar-refractivity contribution in [2.45, 2.75) is 45.7 Å². The number of esters is 1. The van der Waals surface area contributed by atoms with Crippen molar-refractivity contribution in [1.29, 1.82) is 0 Å². The van der Waals surface area contributed by atoms with Gasteiger partial charge in [-0.25, -0.2) is 0 Å². The Morgan fingerprint density at radius 2 is 2.07 bits per heavy atom. The number of ether oxygens (including phenoxy) is 1. The molecule has 0 aliphatic carbocycles. The maximum Gasteiger partial charge on any atom is 0.323 e. The summed E-state index contributed by atoms with van der Waals surface area (Å²) in [6.45, 7) is 9.77. The second kappa shape index (κ2) is 7.46. The maximum atomic E-state index is 11.5. The molecule has 0 bridgehead atoms. The van der Waals surface area contributed by atoms with Crippen molar-refractivity contribution in [1.82, 2.24) is 5.32 Å². The van der Waals surface area contributed by atoms with Crippen molar-refractivity contribution < 1.29 is 9.53 Å². The van der Waals surface area contributed by atoms with Gasteiger partial charge in [0, 0.05) is 6.04 Å². The summed E-state index contributed by atoms with van der Waals surface area (Å²) in [4.78, 5) is 11.5. The van der Waals surface area contributed by atoms with E-state index < -0.39 is 0 Å². The van der Waals surface area contributed by atoms with Gasteiger partial charge in [0.25, 0.3) is 0 Å². The van der Waals surface area contributed by atoms with Gasteiger partial charge in [-0.2, -0.15) is 0 Å². The van der Waals surface area contributed by atoms with Crippen LogP contribution in [0.2, 0.25) is 0 Å². The first kappa shape index (κ1) is 14.2. The average Bonchev–Trinajstić information content (AvgIpc) is 2.21. The van der Waals surface area contributed by atoms with Crippen LogP contribution >= 0.6 is 0 Å². The molecule has 0 rings (SSSR count). The lowest BCUT2D eigenvalue weighted by molar-refractivity contribution is -0.144. The normalized spacial score (nSPS) is 14.7. The van der Waals surface area contributed by atoms with Gasteiger partial charge in [-0.05, 0) is 25.7 Å². The van der Waals surface area contributed by atoms with Crippen LogP contribution in [-0.4, -0.2) is 25.2 Å². The highest BCUT2D eigenvalue weighted by atomic mass is 16.5. The quantitative estimate of drug-likeness (QED) is 0.520. The van der Waals surface area contributed by atoms with Crippen LogP contribution in [0.5, 0.6) is 0 Å². The molecular weight excluding hydrogens is 190 g/mol. The maximum absolute atomic E-state index is 11.5. The van der Waals surface area contributed by atoms with E-state index in [2.05, 4.69) is 18.8 Å². The Morgan fingerprint density at radius 1 is 1.47 bits per heavy atom. The van der Waals surface area contributed by atoms with Crippen LogP contribution in [-0.2, 0) is 9.53 Å². The fourth-order valence-corrected chi connectivity index (χ4v) is 1.42. The second-order valence-electron chi connectivity index (χ2n) is 4.18. The summed E-state index contributed by atoms with van der Waals surface area (Å²) in [5, 5.41) is 3.28. The smallest absolute Gasteiger partial charge is 0.323 e. The molecule has 1 unspecified atom stereocenters. The highest BCUT2D eigenvalue weighted by Gasteiger charge is 2.23. The number of carbonyl (C=O) groups excluding carboxylic acids is 1. The highest BCUT2D eigenvalue weighted by Crippen LogP contribution is 2.07. The molecule has 3 nitrogen and oxygen atoms in total. The zero-order valence-corrected chi connectivity index (χ0v) is 10.2. The van der Waals surface area contributed by atoms with Crippen molar-refractivity contribution in [2.75, 3.05) is 7.11 Å². The summed E-state index contributed by atoms with van der Waals surface area (Å²) in [5.74, 6) is 0.0547. The Labute approximate surface area is 92.9 Å². The molecule has 0 saturated heterocycles. The summed E-state index contributed by atoms with van der Waals surface area (Å²) in [6, 6.07) is 0.0873. The number of hydrogen-bond acceptors (Lipinski definition) is 3. The van der Waals surface area contributed by atoms with Gasteiger partial charge in [-0.1, -0.05) is 19.9 Å². The lowest BCUT2D eigenvalue weighted by Crippen LogP contribution is -2.46. The number of rotatable bonds is 7. The first-order valence-electron chi connectivity index (χ1n) is 5.47. The fourth-order valence-electron chi connectivity index (χ4n) is 1.42. The van der Waals surface area contributed by atoms with Crippen LogP contribution in [0, 0.1) is 5.92 Å². The predicted molar refractivity (Wildman–Crippen MR) is 62.7 cm³/mol. The Kier molecular flexibility index (Phi) is 7.05. The van der Waals surface area contributed by atoms with E-state index in [0.29, 0.717) is 6.04 Å². The summed E-state index contributed by atoms with van der Waals surface area (Å²) < 4.78 is 4.76. The third-order valence-electron chi connectivity index (χ3n) is 2.39. The van der Waals surface area contributed by atoms with Gasteiger partial charge in [0.05, 0.1) is 7.11 Å². The Morgan fingerprint density at radius 3 is 2.47 bits per heavy atom. The van der Waals surface area contributed by atoms with Crippen molar-refractivity contribution in [3.63, 3.8) is 0 Å². The van der Waals surface area contributed by atoms with E-state index in [1.165, 1.54) is 7.11 Å². The molecule has 1 N–H and O–H groups in total. The fraction of sp³-hybridized carbons (Fsp3) is 0.750. The lowest BCUT2D eigenvalue weighted by Gasteiger charge is -2.24. The van der Waals surface area contributed by atoms with Gasteiger partial charge in [-0.3, -0.25) is 4.79 Å². The van der Waals surface area contributed by atoms with E-state index in [-0.39, 0.29) is 17.9 Å². The first-order chi connectivity index (χ1) is 7.02. The SMILES string of the molecule is C=CCCC(C)N[C@H](C(=O)OC)C(C)C. The topological polar surface area (TPSA) is 38.3 Å². The lowest BCUT2D eigenvalue weighted by atomic mass is 10.0. The Balaban J connectivity index is 4.15. The number of nitrogens with one attached hydrogen (secondary N) is 1. The zero-order chi connectivity index (χ0) is 11.8. The zero-order valence-electron chi connectivity index (χ0n) is 10.2. The summed E-state index contributed by atoms with van der Waals surface area (Å²) in [7, 11) is 1.42. The number of carbonyl (C=O) groups is 1. The van der Waals surface area contributed by atoms with Crippen molar-refractivity contribution in [3.05, 3.63) is 12.7 Å². The third-order valence-corrected chi connectivity index (χ3v) is 2.39. The van der Waals surface area contributed by atoms with Crippen LogP contribution in [0.1, 0.15) is 33.6 Å². The molecule has 15 heavy (non-hydrogen) atoms. The van der Waals surface area contributed by atoms with E-state index in [9.17, 15) is 4.79 Å². The minimum Gasteiger partial charge on any atom is -0.468 e. The molecule has 0 radical (unpaired) electrons. The minimum atomic E-state index is -0.213. The van der Waals surface area contributed by atoms with Gasteiger partial charge in [0.15, 0.2) is 0 Å². The van der Waals surface area contributed by atoms with Crippen molar-refractivity contribution in [3.8, 4) is 0 Å². The first-order valence-corrected chi connectivity index (χ1v) is 5.47. The van der Waals surface area contributed by atoms with Crippen LogP contribution in [0.4, 0.5) is 0 Å². The van der Waals surface area contributed by atoms with E-state index in [0.717, 1.165) is 12.8 Å². The van der Waals surface area contributed by atoms with Crippen LogP contribution in [0.3, 0.4) is 0 Å². The van der Waals surface area contributed by atoms with Gasteiger partial charge in [-0.15, -0.1) is 6.58 Å². The van der Waals surface area contributed by atoms with Crippen LogP contribution in [0.25, 0.3) is 0 Å². The molecule has 0 heterocycles. The molecule has 0 spiro atoms. The highest BCUT2D eigenvalue weighted by molar-refractivity contribution is 5.75. The summed E-state index contributed by atoms with van der Waals surface area (Å²) in [6.07, 6.45) is 3.84. The molecule has 0 aromatic carbocycles. The van der Waals surface area contributed by atoms with E-state index in [1.54, 1.807) is 0 Å². The molecule has 2 atom stereocenters. The molecule has 0 amide bonds. The Bertz CT molecular complexity index is 202. The second-order valence-corrected chi connectivity index (χ2v) is 4.18. The average molecular weight is 213 g/mol. The molecule has 88 valence electrons. The molecular formula is C12H23NO2. The van der Waals surface area contributed by atoms with Crippen molar-refractivity contribution in [2.24, 2.45) is 5.92 Å². The third kappa shape index (κ3) is 5.57. The summed E-state index contributed by atoms with van der Waals surface area (Å²) in [5.41, 5.74) is 0. The molecule has 3 heteroatoms. The van der Waals surface area contributed by atoms with Crippen LogP contribution in [0.15, 0.2) is 12.7 Å². The molecule has 0 aliphatic heterocycles. The Hall–Kier alpha value is -0.830. The van der Waals surface area contributed by atoms with Gasteiger partial charge < -0.3 is 10.1 Å². The molecule has 0 aromatic rings. The molecule has 0 aromatic heterocycles. The standard InChI is InChI=1S/C12H23NO2/c1-6-7-8-10(4)13-11(9(2)3)12(14)15-5/h6,9-11,13H,1,7-8H2,2-5H3/t10?,11-/m0/s1. The molecule has 0 fully saturated rings. The van der Waals surface area contributed by atoms with Gasteiger partial charge >= 0.3 is 5.97 Å².